The Kier molecular flexibility index (Phi) is 3.96. The second kappa shape index (κ2) is 5.52. The van der Waals surface area contributed by atoms with E-state index in [1.54, 1.807) is 0 Å². The number of likely N-dealkylation sites (tertiary alicyclic amines) is 1. The molecule has 1 aliphatic rings. The quantitative estimate of drug-likeness (QED) is 0.847. The van der Waals surface area contributed by atoms with Crippen molar-refractivity contribution in [2.75, 3.05) is 13.1 Å². The lowest BCUT2D eigenvalue weighted by atomic mass is 9.96. The molecule has 1 aromatic carbocycles. The summed E-state index contributed by atoms with van der Waals surface area (Å²) in [7, 11) is 0. The number of halogens is 3. The van der Waals surface area contributed by atoms with Crippen LogP contribution in [0.4, 0.5) is 13.2 Å². The van der Waals surface area contributed by atoms with Crippen molar-refractivity contribution >= 4 is 11.9 Å². The summed E-state index contributed by atoms with van der Waals surface area (Å²) >= 11 is 0. The maximum Gasteiger partial charge on any atom is 0.306 e. The number of benzene rings is 1. The first-order valence-electron chi connectivity index (χ1n) is 6.07. The summed E-state index contributed by atoms with van der Waals surface area (Å²) in [6.45, 7) is 0.149. The lowest BCUT2D eigenvalue weighted by molar-refractivity contribution is -0.143. The van der Waals surface area contributed by atoms with Gasteiger partial charge in [0.1, 0.15) is 11.4 Å². The van der Waals surface area contributed by atoms with E-state index in [1.165, 1.54) is 0 Å². The molecule has 1 saturated heterocycles. The maximum atomic E-state index is 13.5. The van der Waals surface area contributed by atoms with Crippen LogP contribution in [0.25, 0.3) is 0 Å². The van der Waals surface area contributed by atoms with Gasteiger partial charge in [0.05, 0.1) is 5.92 Å². The summed E-state index contributed by atoms with van der Waals surface area (Å²) in [6.07, 6.45) is 0.416. The van der Waals surface area contributed by atoms with Gasteiger partial charge in [0, 0.05) is 13.1 Å². The minimum Gasteiger partial charge on any atom is -0.481 e. The molecular formula is C13H12F3NO3. The molecule has 1 aromatic rings. The molecule has 1 aliphatic heterocycles. The van der Waals surface area contributed by atoms with E-state index in [0.29, 0.717) is 12.1 Å². The first-order chi connectivity index (χ1) is 9.41. The molecule has 0 aromatic heterocycles. The highest BCUT2D eigenvalue weighted by molar-refractivity contribution is 5.95. The number of rotatable bonds is 2. The molecule has 0 bridgehead atoms. The largest absolute Gasteiger partial charge is 0.481 e. The van der Waals surface area contributed by atoms with Gasteiger partial charge >= 0.3 is 5.97 Å². The molecule has 7 heteroatoms. The Labute approximate surface area is 112 Å². The molecule has 2 rings (SSSR count). The van der Waals surface area contributed by atoms with Crippen LogP contribution in [0.15, 0.2) is 12.1 Å². The van der Waals surface area contributed by atoms with Crippen LogP contribution in [0.5, 0.6) is 0 Å². The van der Waals surface area contributed by atoms with E-state index in [1.807, 2.05) is 0 Å². The smallest absolute Gasteiger partial charge is 0.306 e. The van der Waals surface area contributed by atoms with Gasteiger partial charge in [0.25, 0.3) is 5.91 Å². The molecule has 0 radical (unpaired) electrons. The van der Waals surface area contributed by atoms with Crippen molar-refractivity contribution in [2.45, 2.75) is 12.8 Å². The maximum absolute atomic E-state index is 13.5. The Balaban J connectivity index is 2.18. The molecule has 1 N–H and O–H groups in total. The minimum atomic E-state index is -1.52. The van der Waals surface area contributed by atoms with Crippen molar-refractivity contribution in [3.63, 3.8) is 0 Å². The highest BCUT2D eigenvalue weighted by Crippen LogP contribution is 2.22. The van der Waals surface area contributed by atoms with Crippen LogP contribution < -0.4 is 0 Å². The van der Waals surface area contributed by atoms with Crippen LogP contribution in [0.3, 0.4) is 0 Å². The van der Waals surface area contributed by atoms with E-state index in [-0.39, 0.29) is 25.9 Å². The van der Waals surface area contributed by atoms with Gasteiger partial charge in [0.15, 0.2) is 11.6 Å². The predicted octanol–water partition coefficient (Wildman–Crippen LogP) is 2.04. The topological polar surface area (TPSA) is 57.6 Å². The van der Waals surface area contributed by atoms with E-state index < -0.39 is 40.8 Å². The predicted molar refractivity (Wildman–Crippen MR) is 62.6 cm³/mol. The fourth-order valence-corrected chi connectivity index (χ4v) is 2.21. The molecule has 0 saturated carbocycles. The summed E-state index contributed by atoms with van der Waals surface area (Å²) in [6, 6.07) is 1.30. The lowest BCUT2D eigenvalue weighted by Gasteiger charge is -2.30. The summed E-state index contributed by atoms with van der Waals surface area (Å²) in [5.41, 5.74) is -0.932. The van der Waals surface area contributed by atoms with Gasteiger partial charge in [-0.1, -0.05) is 0 Å². The van der Waals surface area contributed by atoms with Gasteiger partial charge < -0.3 is 10.0 Å². The summed E-state index contributed by atoms with van der Waals surface area (Å²) in [5.74, 6) is -6.43. The zero-order chi connectivity index (χ0) is 14.9. The van der Waals surface area contributed by atoms with Crippen molar-refractivity contribution in [3.05, 3.63) is 35.1 Å². The van der Waals surface area contributed by atoms with Crippen molar-refractivity contribution < 1.29 is 27.9 Å². The monoisotopic (exact) mass is 287 g/mol. The van der Waals surface area contributed by atoms with Gasteiger partial charge in [0.2, 0.25) is 0 Å². The van der Waals surface area contributed by atoms with E-state index in [0.717, 1.165) is 4.90 Å². The highest BCUT2D eigenvalue weighted by Gasteiger charge is 2.30. The number of carbonyl (C=O) groups excluding carboxylic acids is 1. The molecular weight excluding hydrogens is 275 g/mol. The Morgan fingerprint density at radius 1 is 1.10 bits per heavy atom. The van der Waals surface area contributed by atoms with Gasteiger partial charge in [-0.15, -0.1) is 0 Å². The molecule has 20 heavy (non-hydrogen) atoms. The van der Waals surface area contributed by atoms with E-state index in [9.17, 15) is 22.8 Å². The number of nitrogens with zero attached hydrogens (tertiary/aromatic N) is 1. The zero-order valence-electron chi connectivity index (χ0n) is 10.4. The standard InChI is InChI=1S/C13H12F3NO3/c14-8-1-2-9(15)11(16)10(8)12(18)17-5-3-7(4-6-17)13(19)20/h1-2,7H,3-6H2,(H,19,20). The summed E-state index contributed by atoms with van der Waals surface area (Å²) in [4.78, 5) is 23.9. The fraction of sp³-hybridized carbons (Fsp3) is 0.385. The van der Waals surface area contributed by atoms with Crippen LogP contribution in [0.1, 0.15) is 23.2 Å². The number of aliphatic carboxylic acids is 1. The molecule has 0 aliphatic carbocycles. The molecule has 4 nitrogen and oxygen atoms in total. The van der Waals surface area contributed by atoms with E-state index in [2.05, 4.69) is 0 Å². The number of carboxylic acids is 1. The van der Waals surface area contributed by atoms with Gasteiger partial charge in [-0.3, -0.25) is 9.59 Å². The fourth-order valence-electron chi connectivity index (χ4n) is 2.21. The van der Waals surface area contributed by atoms with Crippen LogP contribution in [0, 0.1) is 23.4 Å². The second-order valence-electron chi connectivity index (χ2n) is 4.62. The average molecular weight is 287 g/mol. The molecule has 0 spiro atoms. The first kappa shape index (κ1) is 14.4. The zero-order valence-corrected chi connectivity index (χ0v) is 10.4. The number of hydrogen-bond acceptors (Lipinski definition) is 2. The van der Waals surface area contributed by atoms with Crippen molar-refractivity contribution in [3.8, 4) is 0 Å². The number of piperidine rings is 1. The third-order valence-corrected chi connectivity index (χ3v) is 3.39. The normalized spacial score (nSPS) is 16.2. The molecule has 0 unspecified atom stereocenters. The molecule has 1 amide bonds. The Bertz CT molecular complexity index is 554. The van der Waals surface area contributed by atoms with Crippen molar-refractivity contribution in [1.29, 1.82) is 0 Å². The summed E-state index contributed by atoms with van der Waals surface area (Å²) < 4.78 is 40.1. The number of amides is 1. The lowest BCUT2D eigenvalue weighted by Crippen LogP contribution is -2.41. The number of carboxylic acid groups (broad SMARTS) is 1. The summed E-state index contributed by atoms with van der Waals surface area (Å²) in [5, 5.41) is 8.83. The molecule has 108 valence electrons. The van der Waals surface area contributed by atoms with Crippen molar-refractivity contribution in [1.82, 2.24) is 4.90 Å². The first-order valence-corrected chi connectivity index (χ1v) is 6.07. The van der Waals surface area contributed by atoms with Crippen LogP contribution in [-0.2, 0) is 4.79 Å². The number of hydrogen-bond donors (Lipinski definition) is 1. The third-order valence-electron chi connectivity index (χ3n) is 3.39. The van der Waals surface area contributed by atoms with Gasteiger partial charge in [-0.2, -0.15) is 0 Å². The molecule has 0 atom stereocenters. The molecule has 1 fully saturated rings. The van der Waals surface area contributed by atoms with Crippen LogP contribution in [-0.4, -0.2) is 35.0 Å². The highest BCUT2D eigenvalue weighted by atomic mass is 19.2. The number of carbonyl (C=O) groups is 2. The Morgan fingerprint density at radius 2 is 1.65 bits per heavy atom. The SMILES string of the molecule is O=C(O)C1CCN(C(=O)c2c(F)ccc(F)c2F)CC1. The minimum absolute atomic E-state index is 0.0746. The Morgan fingerprint density at radius 3 is 2.20 bits per heavy atom. The Hall–Kier alpha value is -2.05. The second-order valence-corrected chi connectivity index (χ2v) is 4.62. The molecule has 1 heterocycles. The van der Waals surface area contributed by atoms with E-state index >= 15 is 0 Å². The van der Waals surface area contributed by atoms with Gasteiger partial charge in [-0.05, 0) is 25.0 Å². The van der Waals surface area contributed by atoms with Crippen molar-refractivity contribution in [2.24, 2.45) is 5.92 Å². The average Bonchev–Trinajstić information content (AvgIpc) is 2.43. The van der Waals surface area contributed by atoms with Crippen LogP contribution >= 0.6 is 0 Å². The third kappa shape index (κ3) is 2.61. The van der Waals surface area contributed by atoms with Crippen LogP contribution in [0.2, 0.25) is 0 Å². The van der Waals surface area contributed by atoms with Gasteiger partial charge in [-0.25, -0.2) is 13.2 Å². The van der Waals surface area contributed by atoms with E-state index in [4.69, 9.17) is 5.11 Å².